The molecule has 0 aliphatic carbocycles. The van der Waals surface area contributed by atoms with Gasteiger partial charge in [-0.1, -0.05) is 45.0 Å². The third kappa shape index (κ3) is 4.82. The van der Waals surface area contributed by atoms with E-state index in [2.05, 4.69) is 57.3 Å². The molecule has 3 atom stereocenters. The van der Waals surface area contributed by atoms with Gasteiger partial charge in [-0.15, -0.1) is 0 Å². The van der Waals surface area contributed by atoms with Crippen molar-refractivity contribution in [2.24, 2.45) is 11.8 Å². The minimum absolute atomic E-state index is 0.404. The minimum atomic E-state index is 0.404. The van der Waals surface area contributed by atoms with Gasteiger partial charge in [0, 0.05) is 12.0 Å². The number of nitrogens with one attached hydrogen (secondary N) is 1. The summed E-state index contributed by atoms with van der Waals surface area (Å²) >= 11 is 0. The van der Waals surface area contributed by atoms with Gasteiger partial charge >= 0.3 is 0 Å². The topological polar surface area (TPSA) is 21.3 Å². The van der Waals surface area contributed by atoms with E-state index in [-0.39, 0.29) is 0 Å². The first kappa shape index (κ1) is 16.5. The van der Waals surface area contributed by atoms with E-state index in [1.165, 1.54) is 17.5 Å². The number of benzene rings is 1. The number of rotatable bonds is 7. The first-order chi connectivity index (χ1) is 10.1. The molecular formula is C19H31NO. The van der Waals surface area contributed by atoms with Crippen molar-refractivity contribution in [1.82, 2.24) is 5.32 Å². The van der Waals surface area contributed by atoms with Crippen LogP contribution in [0.2, 0.25) is 0 Å². The van der Waals surface area contributed by atoms with Gasteiger partial charge in [-0.25, -0.2) is 0 Å². The number of hydrogen-bond donors (Lipinski definition) is 1. The molecule has 2 rings (SSSR count). The Kier molecular flexibility index (Phi) is 6.25. The van der Waals surface area contributed by atoms with Gasteiger partial charge in [-0.05, 0) is 49.8 Å². The van der Waals surface area contributed by atoms with E-state index in [1.807, 2.05) is 0 Å². The highest BCUT2D eigenvalue weighted by Gasteiger charge is 2.30. The molecule has 0 aromatic heterocycles. The lowest BCUT2D eigenvalue weighted by Gasteiger charge is -2.24. The van der Waals surface area contributed by atoms with Crippen molar-refractivity contribution in [3.05, 3.63) is 35.4 Å². The van der Waals surface area contributed by atoms with Crippen LogP contribution in [0.5, 0.6) is 0 Å². The van der Waals surface area contributed by atoms with Crippen LogP contribution in [-0.2, 0) is 11.2 Å². The largest absolute Gasteiger partial charge is 0.378 e. The fourth-order valence-electron chi connectivity index (χ4n) is 3.27. The third-order valence-electron chi connectivity index (χ3n) is 4.30. The van der Waals surface area contributed by atoms with Gasteiger partial charge in [0.2, 0.25) is 0 Å². The summed E-state index contributed by atoms with van der Waals surface area (Å²) in [6.07, 6.45) is 3.90. The SMILES string of the molecule is CCCNC(c1ccc(CC(C)C)cc1)C1COC(C)C1. The summed E-state index contributed by atoms with van der Waals surface area (Å²) in [7, 11) is 0. The molecule has 1 aromatic rings. The summed E-state index contributed by atoms with van der Waals surface area (Å²) in [5.41, 5.74) is 2.86. The molecule has 21 heavy (non-hydrogen) atoms. The van der Waals surface area contributed by atoms with E-state index < -0.39 is 0 Å². The molecule has 1 aliphatic heterocycles. The second-order valence-corrected chi connectivity index (χ2v) is 6.91. The molecule has 2 heteroatoms. The molecule has 3 unspecified atom stereocenters. The first-order valence-electron chi connectivity index (χ1n) is 8.54. The van der Waals surface area contributed by atoms with E-state index in [1.54, 1.807) is 0 Å². The second-order valence-electron chi connectivity index (χ2n) is 6.91. The summed E-state index contributed by atoms with van der Waals surface area (Å²) in [5, 5.41) is 3.73. The van der Waals surface area contributed by atoms with Crippen molar-refractivity contribution in [3.63, 3.8) is 0 Å². The fraction of sp³-hybridized carbons (Fsp3) is 0.684. The predicted octanol–water partition coefficient (Wildman–Crippen LogP) is 4.35. The summed E-state index contributed by atoms with van der Waals surface area (Å²) < 4.78 is 5.78. The van der Waals surface area contributed by atoms with Gasteiger partial charge in [-0.3, -0.25) is 0 Å². The van der Waals surface area contributed by atoms with Crippen LogP contribution in [0.4, 0.5) is 0 Å². The lowest BCUT2D eigenvalue weighted by atomic mass is 9.90. The van der Waals surface area contributed by atoms with Crippen LogP contribution < -0.4 is 5.32 Å². The molecule has 0 spiro atoms. The lowest BCUT2D eigenvalue weighted by molar-refractivity contribution is 0.117. The highest BCUT2D eigenvalue weighted by atomic mass is 16.5. The van der Waals surface area contributed by atoms with Crippen LogP contribution in [0, 0.1) is 11.8 Å². The number of hydrogen-bond acceptors (Lipinski definition) is 2. The Morgan fingerprint density at radius 2 is 1.95 bits per heavy atom. The van der Waals surface area contributed by atoms with Crippen LogP contribution >= 0.6 is 0 Å². The third-order valence-corrected chi connectivity index (χ3v) is 4.30. The van der Waals surface area contributed by atoms with E-state index in [0.717, 1.165) is 26.0 Å². The fourth-order valence-corrected chi connectivity index (χ4v) is 3.27. The zero-order valence-corrected chi connectivity index (χ0v) is 14.1. The van der Waals surface area contributed by atoms with Crippen molar-refractivity contribution in [2.45, 2.75) is 59.1 Å². The van der Waals surface area contributed by atoms with Crippen molar-refractivity contribution in [3.8, 4) is 0 Å². The van der Waals surface area contributed by atoms with Gasteiger partial charge in [0.1, 0.15) is 0 Å². The first-order valence-corrected chi connectivity index (χ1v) is 8.54. The zero-order valence-electron chi connectivity index (χ0n) is 14.1. The molecule has 0 radical (unpaired) electrons. The average molecular weight is 289 g/mol. The molecule has 2 nitrogen and oxygen atoms in total. The lowest BCUT2D eigenvalue weighted by Crippen LogP contribution is -2.29. The molecule has 1 saturated heterocycles. The highest BCUT2D eigenvalue weighted by Crippen LogP contribution is 2.32. The van der Waals surface area contributed by atoms with Crippen molar-refractivity contribution in [2.75, 3.05) is 13.2 Å². The van der Waals surface area contributed by atoms with Crippen molar-refractivity contribution in [1.29, 1.82) is 0 Å². The average Bonchev–Trinajstić information content (AvgIpc) is 2.87. The Morgan fingerprint density at radius 1 is 1.24 bits per heavy atom. The van der Waals surface area contributed by atoms with Crippen LogP contribution in [0.3, 0.4) is 0 Å². The van der Waals surface area contributed by atoms with Crippen LogP contribution in [0.1, 0.15) is 57.7 Å². The van der Waals surface area contributed by atoms with E-state index in [9.17, 15) is 0 Å². The summed E-state index contributed by atoms with van der Waals surface area (Å²) in [4.78, 5) is 0. The standard InChI is InChI=1S/C19H31NO/c1-5-10-20-19(18-12-15(4)21-13-18)17-8-6-16(7-9-17)11-14(2)3/h6-9,14-15,18-20H,5,10-13H2,1-4H3. The molecule has 0 amide bonds. The summed E-state index contributed by atoms with van der Waals surface area (Å²) in [6, 6.07) is 9.66. The molecule has 1 aromatic carbocycles. The van der Waals surface area contributed by atoms with Gasteiger partial charge in [0.15, 0.2) is 0 Å². The van der Waals surface area contributed by atoms with E-state index in [0.29, 0.717) is 24.0 Å². The monoisotopic (exact) mass is 289 g/mol. The molecule has 1 aliphatic rings. The Hall–Kier alpha value is -0.860. The summed E-state index contributed by atoms with van der Waals surface area (Å²) in [6.45, 7) is 10.9. The van der Waals surface area contributed by atoms with E-state index >= 15 is 0 Å². The molecule has 1 fully saturated rings. The Morgan fingerprint density at radius 3 is 2.48 bits per heavy atom. The number of ether oxygens (including phenoxy) is 1. The maximum absolute atomic E-state index is 5.78. The van der Waals surface area contributed by atoms with Gasteiger partial charge in [-0.2, -0.15) is 0 Å². The van der Waals surface area contributed by atoms with Gasteiger partial charge < -0.3 is 10.1 Å². The van der Waals surface area contributed by atoms with E-state index in [4.69, 9.17) is 4.74 Å². The van der Waals surface area contributed by atoms with Crippen LogP contribution in [-0.4, -0.2) is 19.3 Å². The quantitative estimate of drug-likeness (QED) is 0.805. The summed E-state index contributed by atoms with van der Waals surface area (Å²) in [5.74, 6) is 1.32. The molecule has 1 N–H and O–H groups in total. The van der Waals surface area contributed by atoms with Crippen molar-refractivity contribution >= 4 is 0 Å². The molecular weight excluding hydrogens is 258 g/mol. The molecule has 118 valence electrons. The molecule has 0 saturated carbocycles. The van der Waals surface area contributed by atoms with Crippen LogP contribution in [0.15, 0.2) is 24.3 Å². The Bertz CT molecular complexity index is 412. The van der Waals surface area contributed by atoms with Crippen molar-refractivity contribution < 1.29 is 4.74 Å². The molecule has 0 bridgehead atoms. The maximum atomic E-state index is 5.78. The Labute approximate surface area is 130 Å². The highest BCUT2D eigenvalue weighted by molar-refractivity contribution is 5.26. The maximum Gasteiger partial charge on any atom is 0.0551 e. The molecule has 1 heterocycles. The smallest absolute Gasteiger partial charge is 0.0551 e. The van der Waals surface area contributed by atoms with Gasteiger partial charge in [0.25, 0.3) is 0 Å². The predicted molar refractivity (Wildman–Crippen MR) is 89.5 cm³/mol. The normalized spacial score (nSPS) is 23.7. The second kappa shape index (κ2) is 7.95. The minimum Gasteiger partial charge on any atom is -0.378 e. The van der Waals surface area contributed by atoms with Gasteiger partial charge in [0.05, 0.1) is 12.7 Å². The zero-order chi connectivity index (χ0) is 15.2. The van der Waals surface area contributed by atoms with Crippen LogP contribution in [0.25, 0.3) is 0 Å². The Balaban J connectivity index is 2.08.